The number of nitrogens with one attached hydrogen (secondary N) is 2. The molecule has 0 bridgehead atoms. The highest BCUT2D eigenvalue weighted by molar-refractivity contribution is 5.79. The molecule has 2 N–H and O–H groups in total. The van der Waals surface area contributed by atoms with Crippen LogP contribution in [0.5, 0.6) is 0 Å². The summed E-state index contributed by atoms with van der Waals surface area (Å²) < 4.78 is 5.44. The van der Waals surface area contributed by atoms with Gasteiger partial charge in [-0.05, 0) is 55.1 Å². The lowest BCUT2D eigenvalue weighted by molar-refractivity contribution is 0.0342. The van der Waals surface area contributed by atoms with Gasteiger partial charge in [-0.15, -0.1) is 0 Å². The molecule has 0 spiro atoms. The minimum absolute atomic E-state index is 0.669. The highest BCUT2D eigenvalue weighted by Gasteiger charge is 2.12. The molecule has 2 aromatic rings. The average Bonchev–Trinajstić information content (AvgIpc) is 3.36. The summed E-state index contributed by atoms with van der Waals surface area (Å²) in [6.07, 6.45) is 2.68. The molecule has 2 aromatic carbocycles. The van der Waals surface area contributed by atoms with E-state index in [0.29, 0.717) is 6.54 Å². The van der Waals surface area contributed by atoms with Gasteiger partial charge < -0.3 is 15.4 Å². The molecule has 2 heterocycles. The largest absolute Gasteiger partial charge is 0.379 e. The predicted molar refractivity (Wildman–Crippen MR) is 135 cm³/mol. The van der Waals surface area contributed by atoms with Crippen LogP contribution in [0.2, 0.25) is 0 Å². The van der Waals surface area contributed by atoms with Crippen molar-refractivity contribution in [3.63, 3.8) is 0 Å². The van der Waals surface area contributed by atoms with Gasteiger partial charge in [-0.1, -0.05) is 48.5 Å². The molecular formula is C27H39N5O. The molecule has 2 saturated heterocycles. The first-order chi connectivity index (χ1) is 16.3. The Balaban J connectivity index is 1.25. The highest BCUT2D eigenvalue weighted by atomic mass is 16.5. The fourth-order valence-corrected chi connectivity index (χ4v) is 4.43. The van der Waals surface area contributed by atoms with E-state index in [4.69, 9.17) is 9.73 Å². The molecule has 2 aliphatic rings. The van der Waals surface area contributed by atoms with Crippen molar-refractivity contribution in [1.82, 2.24) is 20.4 Å². The first-order valence-corrected chi connectivity index (χ1v) is 12.5. The van der Waals surface area contributed by atoms with E-state index in [2.05, 4.69) is 75.9 Å². The molecular weight excluding hydrogens is 410 g/mol. The standard InChI is InChI=1S/C27H39N5O/c1-2-28-27(29-19-23-5-9-25(10-6-23)21-31-13-3-4-14-31)30-20-24-7-11-26(12-8-24)22-32-15-17-33-18-16-32/h5-12H,2-4,13-22H2,1H3,(H2,28,29,30). The predicted octanol–water partition coefficient (Wildman–Crippen LogP) is 3.37. The summed E-state index contributed by atoms with van der Waals surface area (Å²) in [6.45, 7) is 12.7. The molecule has 0 atom stereocenters. The van der Waals surface area contributed by atoms with Crippen LogP contribution < -0.4 is 10.6 Å². The van der Waals surface area contributed by atoms with Crippen molar-refractivity contribution >= 4 is 5.96 Å². The maximum absolute atomic E-state index is 5.44. The van der Waals surface area contributed by atoms with Gasteiger partial charge >= 0.3 is 0 Å². The third-order valence-electron chi connectivity index (χ3n) is 6.38. The van der Waals surface area contributed by atoms with Crippen molar-refractivity contribution in [2.45, 2.75) is 45.9 Å². The number of hydrogen-bond acceptors (Lipinski definition) is 4. The van der Waals surface area contributed by atoms with Gasteiger partial charge in [-0.25, -0.2) is 4.99 Å². The number of ether oxygens (including phenoxy) is 1. The van der Waals surface area contributed by atoms with E-state index in [1.54, 1.807) is 0 Å². The van der Waals surface area contributed by atoms with Gasteiger partial charge in [0.15, 0.2) is 5.96 Å². The van der Waals surface area contributed by atoms with Gasteiger partial charge in [0.05, 0.1) is 19.8 Å². The van der Waals surface area contributed by atoms with Crippen LogP contribution in [0.4, 0.5) is 0 Å². The molecule has 33 heavy (non-hydrogen) atoms. The van der Waals surface area contributed by atoms with Crippen molar-refractivity contribution in [3.05, 3.63) is 70.8 Å². The molecule has 0 saturated carbocycles. The van der Waals surface area contributed by atoms with E-state index >= 15 is 0 Å². The number of guanidine groups is 1. The second-order valence-electron chi connectivity index (χ2n) is 9.05. The van der Waals surface area contributed by atoms with Gasteiger partial charge in [0, 0.05) is 39.3 Å². The van der Waals surface area contributed by atoms with Crippen molar-refractivity contribution in [2.24, 2.45) is 4.99 Å². The van der Waals surface area contributed by atoms with Gasteiger partial charge in [0.25, 0.3) is 0 Å². The Hall–Kier alpha value is -2.41. The monoisotopic (exact) mass is 449 g/mol. The lowest BCUT2D eigenvalue weighted by Gasteiger charge is -2.26. The Labute approximate surface area is 199 Å². The Morgan fingerprint density at radius 1 is 0.758 bits per heavy atom. The van der Waals surface area contributed by atoms with Gasteiger partial charge in [-0.2, -0.15) is 0 Å². The van der Waals surface area contributed by atoms with Crippen LogP contribution in [0.25, 0.3) is 0 Å². The Morgan fingerprint density at radius 2 is 1.30 bits per heavy atom. The molecule has 2 aliphatic heterocycles. The average molecular weight is 450 g/mol. The van der Waals surface area contributed by atoms with Crippen LogP contribution >= 0.6 is 0 Å². The third-order valence-corrected chi connectivity index (χ3v) is 6.38. The number of hydrogen-bond donors (Lipinski definition) is 2. The van der Waals surface area contributed by atoms with Crippen molar-refractivity contribution in [3.8, 4) is 0 Å². The van der Waals surface area contributed by atoms with E-state index in [1.807, 2.05) is 0 Å². The van der Waals surface area contributed by atoms with Gasteiger partial charge in [0.1, 0.15) is 0 Å². The molecule has 6 nitrogen and oxygen atoms in total. The summed E-state index contributed by atoms with van der Waals surface area (Å²) in [5.41, 5.74) is 5.25. The lowest BCUT2D eigenvalue weighted by atomic mass is 10.1. The first kappa shape index (κ1) is 23.7. The zero-order valence-corrected chi connectivity index (χ0v) is 20.1. The minimum Gasteiger partial charge on any atom is -0.379 e. The summed E-state index contributed by atoms with van der Waals surface area (Å²) in [5.74, 6) is 0.857. The number of benzene rings is 2. The van der Waals surface area contributed by atoms with Gasteiger partial charge in [0.2, 0.25) is 0 Å². The van der Waals surface area contributed by atoms with E-state index in [0.717, 1.165) is 58.4 Å². The van der Waals surface area contributed by atoms with Crippen molar-refractivity contribution in [2.75, 3.05) is 45.9 Å². The highest BCUT2D eigenvalue weighted by Crippen LogP contribution is 2.13. The fraction of sp³-hybridized carbons (Fsp3) is 0.519. The van der Waals surface area contributed by atoms with E-state index in [9.17, 15) is 0 Å². The maximum Gasteiger partial charge on any atom is 0.191 e. The van der Waals surface area contributed by atoms with Crippen LogP contribution in [0.3, 0.4) is 0 Å². The number of likely N-dealkylation sites (tertiary alicyclic amines) is 1. The van der Waals surface area contributed by atoms with E-state index in [1.165, 1.54) is 48.2 Å². The molecule has 0 unspecified atom stereocenters. The zero-order valence-electron chi connectivity index (χ0n) is 20.1. The van der Waals surface area contributed by atoms with Crippen LogP contribution in [-0.4, -0.2) is 61.7 Å². The SMILES string of the molecule is CCNC(=NCc1ccc(CN2CCOCC2)cc1)NCc1ccc(CN2CCCC2)cc1. The molecule has 0 amide bonds. The quantitative estimate of drug-likeness (QED) is 0.454. The normalized spacial score (nSPS) is 17.9. The van der Waals surface area contributed by atoms with E-state index < -0.39 is 0 Å². The Kier molecular flexibility index (Phi) is 9.16. The lowest BCUT2D eigenvalue weighted by Crippen LogP contribution is -2.36. The maximum atomic E-state index is 5.44. The summed E-state index contributed by atoms with van der Waals surface area (Å²) in [4.78, 5) is 9.78. The molecule has 6 heteroatoms. The molecule has 2 fully saturated rings. The molecule has 0 aliphatic carbocycles. The fourth-order valence-electron chi connectivity index (χ4n) is 4.43. The third kappa shape index (κ3) is 7.84. The Bertz CT molecular complexity index is 853. The molecule has 4 rings (SSSR count). The van der Waals surface area contributed by atoms with Crippen LogP contribution in [0, 0.1) is 0 Å². The summed E-state index contributed by atoms with van der Waals surface area (Å²) in [6, 6.07) is 17.8. The molecule has 0 aromatic heterocycles. The smallest absolute Gasteiger partial charge is 0.191 e. The Morgan fingerprint density at radius 3 is 1.91 bits per heavy atom. The first-order valence-electron chi connectivity index (χ1n) is 12.5. The second kappa shape index (κ2) is 12.7. The van der Waals surface area contributed by atoms with Crippen molar-refractivity contribution < 1.29 is 4.74 Å². The zero-order chi connectivity index (χ0) is 22.7. The second-order valence-corrected chi connectivity index (χ2v) is 9.05. The molecule has 178 valence electrons. The van der Waals surface area contributed by atoms with Crippen LogP contribution in [-0.2, 0) is 30.9 Å². The number of nitrogens with zero attached hydrogens (tertiary/aromatic N) is 3. The number of rotatable bonds is 9. The topological polar surface area (TPSA) is 52.1 Å². The summed E-state index contributed by atoms with van der Waals surface area (Å²) in [5, 5.41) is 6.84. The number of morpholine rings is 1. The van der Waals surface area contributed by atoms with E-state index in [-0.39, 0.29) is 0 Å². The minimum atomic E-state index is 0.669. The van der Waals surface area contributed by atoms with Gasteiger partial charge in [-0.3, -0.25) is 9.80 Å². The summed E-state index contributed by atoms with van der Waals surface area (Å²) >= 11 is 0. The van der Waals surface area contributed by atoms with Crippen molar-refractivity contribution in [1.29, 1.82) is 0 Å². The molecule has 0 radical (unpaired) electrons. The number of aliphatic imine (C=N–C) groups is 1. The summed E-state index contributed by atoms with van der Waals surface area (Å²) in [7, 11) is 0. The van der Waals surface area contributed by atoms with Crippen LogP contribution in [0.15, 0.2) is 53.5 Å². The van der Waals surface area contributed by atoms with Crippen LogP contribution in [0.1, 0.15) is 42.0 Å².